The summed E-state index contributed by atoms with van der Waals surface area (Å²) in [5.74, 6) is 1.33. The fourth-order valence-electron chi connectivity index (χ4n) is 3.40. The van der Waals surface area contributed by atoms with Crippen LogP contribution in [0.25, 0.3) is 0 Å². The quantitative estimate of drug-likeness (QED) is 0.381. The summed E-state index contributed by atoms with van der Waals surface area (Å²) in [5, 5.41) is 20.8. The molecule has 2 aromatic rings. The molecule has 8 heteroatoms. The molecule has 0 saturated carbocycles. The normalized spacial score (nSPS) is 14.1. The van der Waals surface area contributed by atoms with Gasteiger partial charge in [-0.3, -0.25) is 10.8 Å². The van der Waals surface area contributed by atoms with Crippen LogP contribution in [-0.4, -0.2) is 41.8 Å². The fourth-order valence-corrected chi connectivity index (χ4v) is 3.40. The molecule has 0 spiro atoms. The zero-order valence-corrected chi connectivity index (χ0v) is 17.3. The van der Waals surface area contributed by atoms with Crippen molar-refractivity contribution in [3.8, 4) is 5.75 Å². The molecular weight excluding hydrogens is 380 g/mol. The number of ether oxygens (including phenoxy) is 1. The summed E-state index contributed by atoms with van der Waals surface area (Å²) < 4.78 is 6.10. The number of anilines is 2. The molecule has 0 bridgehead atoms. The summed E-state index contributed by atoms with van der Waals surface area (Å²) in [6, 6.07) is 12.1. The molecule has 158 valence electrons. The molecule has 30 heavy (non-hydrogen) atoms. The summed E-state index contributed by atoms with van der Waals surface area (Å²) in [6.07, 6.45) is 1.91. The Morgan fingerprint density at radius 3 is 2.50 bits per heavy atom. The van der Waals surface area contributed by atoms with Crippen LogP contribution in [0.5, 0.6) is 5.75 Å². The molecular formula is C22H28N6O2. The summed E-state index contributed by atoms with van der Waals surface area (Å²) >= 11 is 0. The number of carbonyl (C=O) groups is 1. The van der Waals surface area contributed by atoms with Crippen molar-refractivity contribution >= 4 is 29.1 Å². The highest BCUT2D eigenvalue weighted by Crippen LogP contribution is 2.25. The zero-order valence-electron chi connectivity index (χ0n) is 17.3. The van der Waals surface area contributed by atoms with Gasteiger partial charge in [0.15, 0.2) is 0 Å². The van der Waals surface area contributed by atoms with Crippen LogP contribution in [-0.2, 0) is 0 Å². The maximum atomic E-state index is 12.3. The number of benzene rings is 2. The second kappa shape index (κ2) is 9.30. The van der Waals surface area contributed by atoms with E-state index in [9.17, 15) is 4.79 Å². The largest absolute Gasteiger partial charge is 0.490 e. The second-order valence-corrected chi connectivity index (χ2v) is 7.44. The number of piperidine rings is 1. The fraction of sp³-hybridized carbons (Fsp3) is 0.318. The molecule has 0 aliphatic carbocycles. The van der Waals surface area contributed by atoms with E-state index in [-0.39, 0.29) is 18.0 Å². The summed E-state index contributed by atoms with van der Waals surface area (Å²) in [5.41, 5.74) is 8.18. The number of nitrogens with zero attached hydrogens (tertiary/aromatic N) is 1. The lowest BCUT2D eigenvalue weighted by atomic mass is 10.1. The molecule has 8 nitrogen and oxygen atoms in total. The number of nitrogens with one attached hydrogen (secondary N) is 4. The average molecular weight is 409 g/mol. The number of rotatable bonds is 5. The van der Waals surface area contributed by atoms with Crippen molar-refractivity contribution in [2.75, 3.05) is 23.7 Å². The van der Waals surface area contributed by atoms with Gasteiger partial charge in [-0.05, 0) is 49.7 Å². The van der Waals surface area contributed by atoms with Crippen LogP contribution in [0.2, 0.25) is 0 Å². The van der Waals surface area contributed by atoms with Gasteiger partial charge in [-0.15, -0.1) is 0 Å². The van der Waals surface area contributed by atoms with E-state index in [1.807, 2.05) is 32.0 Å². The predicted octanol–water partition coefficient (Wildman–Crippen LogP) is 3.76. The first-order valence-corrected chi connectivity index (χ1v) is 9.91. The Morgan fingerprint density at radius 1 is 1.13 bits per heavy atom. The Hall–Kier alpha value is -3.55. The molecule has 2 amide bonds. The van der Waals surface area contributed by atoms with E-state index in [1.54, 1.807) is 24.3 Å². The molecule has 3 rings (SSSR count). The Labute approximate surface area is 176 Å². The van der Waals surface area contributed by atoms with E-state index in [2.05, 4.69) is 15.5 Å². The van der Waals surface area contributed by atoms with Gasteiger partial charge in [0.25, 0.3) is 0 Å². The van der Waals surface area contributed by atoms with Gasteiger partial charge >= 0.3 is 6.03 Å². The van der Waals surface area contributed by atoms with Crippen LogP contribution in [0.4, 0.5) is 16.2 Å². The van der Waals surface area contributed by atoms with Gasteiger partial charge in [0.2, 0.25) is 0 Å². The molecule has 2 aromatic carbocycles. The topological polar surface area (TPSA) is 127 Å². The first kappa shape index (κ1) is 21.2. The summed E-state index contributed by atoms with van der Waals surface area (Å²) in [6.45, 7) is 5.40. The number of hydrogen-bond donors (Lipinski definition) is 5. The molecule has 1 saturated heterocycles. The van der Waals surface area contributed by atoms with Gasteiger partial charge in [0.1, 0.15) is 17.7 Å². The van der Waals surface area contributed by atoms with Crippen LogP contribution < -0.4 is 21.1 Å². The smallest absolute Gasteiger partial charge is 0.323 e. The highest BCUT2D eigenvalue weighted by Gasteiger charge is 2.21. The lowest BCUT2D eigenvalue weighted by Gasteiger charge is -2.32. The third kappa shape index (κ3) is 5.50. The van der Waals surface area contributed by atoms with Crippen LogP contribution in [0.15, 0.2) is 42.5 Å². The third-order valence-corrected chi connectivity index (χ3v) is 5.10. The number of nitrogens with two attached hydrogens (primary N) is 1. The number of likely N-dealkylation sites (tertiary alicyclic amines) is 1. The molecule has 1 aliphatic rings. The molecule has 0 aromatic heterocycles. The van der Waals surface area contributed by atoms with E-state index in [1.165, 1.54) is 0 Å². The highest BCUT2D eigenvalue weighted by atomic mass is 16.5. The Bertz CT molecular complexity index is 950. The van der Waals surface area contributed by atoms with Gasteiger partial charge in [-0.1, -0.05) is 12.1 Å². The maximum absolute atomic E-state index is 12.3. The van der Waals surface area contributed by atoms with Gasteiger partial charge < -0.3 is 26.0 Å². The van der Waals surface area contributed by atoms with Crippen molar-refractivity contribution < 1.29 is 9.53 Å². The van der Waals surface area contributed by atoms with Crippen molar-refractivity contribution in [1.29, 1.82) is 10.8 Å². The number of amidine groups is 2. The van der Waals surface area contributed by atoms with Crippen molar-refractivity contribution in [2.24, 2.45) is 5.73 Å². The Balaban J connectivity index is 1.56. The van der Waals surface area contributed by atoms with Crippen LogP contribution in [0, 0.1) is 17.7 Å². The number of nitrogen functional groups attached to an aromatic ring is 1. The van der Waals surface area contributed by atoms with Gasteiger partial charge in [-0.2, -0.15) is 0 Å². The molecule has 1 fully saturated rings. The minimum absolute atomic E-state index is 0.0517. The minimum Gasteiger partial charge on any atom is -0.490 e. The van der Waals surface area contributed by atoms with E-state index >= 15 is 0 Å². The SMILES string of the molecule is CC(=N)N1CCC(Oc2ccc(NC(=O)Nc3cccc(C(=N)N)c3)c(C)c2)CC1. The Morgan fingerprint density at radius 2 is 1.87 bits per heavy atom. The standard InChI is InChI=1S/C22H28N6O2/c1-14-12-19(30-18-8-10-28(11-9-18)15(2)23)6-7-20(14)27-22(29)26-17-5-3-4-16(13-17)21(24)25/h3-7,12-13,18,23H,8-11H2,1-2H3,(H3,24,25)(H2,26,27,29). The van der Waals surface area contributed by atoms with Gasteiger partial charge in [0.05, 0.1) is 5.84 Å². The lowest BCUT2D eigenvalue weighted by Crippen LogP contribution is -2.40. The average Bonchev–Trinajstić information content (AvgIpc) is 2.70. The van der Waals surface area contributed by atoms with Crippen molar-refractivity contribution in [3.63, 3.8) is 0 Å². The number of aryl methyl sites for hydroxylation is 1. The maximum Gasteiger partial charge on any atom is 0.323 e. The number of amides is 2. The summed E-state index contributed by atoms with van der Waals surface area (Å²) in [4.78, 5) is 14.4. The molecule has 6 N–H and O–H groups in total. The zero-order chi connectivity index (χ0) is 21.7. The number of urea groups is 1. The van der Waals surface area contributed by atoms with E-state index in [0.29, 0.717) is 22.8 Å². The Kier molecular flexibility index (Phi) is 6.56. The van der Waals surface area contributed by atoms with Gasteiger partial charge in [0, 0.05) is 42.9 Å². The predicted molar refractivity (Wildman–Crippen MR) is 120 cm³/mol. The van der Waals surface area contributed by atoms with Crippen LogP contribution in [0.3, 0.4) is 0 Å². The van der Waals surface area contributed by atoms with Crippen LogP contribution >= 0.6 is 0 Å². The van der Waals surface area contributed by atoms with Crippen molar-refractivity contribution in [1.82, 2.24) is 4.90 Å². The number of carbonyl (C=O) groups excluding carboxylic acids is 1. The van der Waals surface area contributed by atoms with Crippen LogP contribution in [0.1, 0.15) is 30.9 Å². The molecule has 0 unspecified atom stereocenters. The second-order valence-electron chi connectivity index (χ2n) is 7.44. The first-order chi connectivity index (χ1) is 14.3. The monoisotopic (exact) mass is 408 g/mol. The van der Waals surface area contributed by atoms with E-state index in [4.69, 9.17) is 21.3 Å². The van der Waals surface area contributed by atoms with Crippen molar-refractivity contribution in [2.45, 2.75) is 32.8 Å². The molecule has 1 aliphatic heterocycles. The van der Waals surface area contributed by atoms with E-state index in [0.717, 1.165) is 37.2 Å². The van der Waals surface area contributed by atoms with Crippen molar-refractivity contribution in [3.05, 3.63) is 53.6 Å². The van der Waals surface area contributed by atoms with Gasteiger partial charge in [-0.25, -0.2) is 4.79 Å². The first-order valence-electron chi connectivity index (χ1n) is 9.91. The third-order valence-electron chi connectivity index (χ3n) is 5.10. The molecule has 0 atom stereocenters. The highest BCUT2D eigenvalue weighted by molar-refractivity contribution is 6.01. The minimum atomic E-state index is -0.373. The molecule has 0 radical (unpaired) electrons. The molecule has 1 heterocycles. The van der Waals surface area contributed by atoms with E-state index < -0.39 is 0 Å². The number of hydrogen-bond acceptors (Lipinski definition) is 4. The lowest BCUT2D eigenvalue weighted by molar-refractivity contribution is 0.130. The summed E-state index contributed by atoms with van der Waals surface area (Å²) in [7, 11) is 0.